The Kier molecular flexibility index (Phi) is 6.75. The highest BCUT2D eigenvalue weighted by molar-refractivity contribution is 9.10. The fourth-order valence-electron chi connectivity index (χ4n) is 3.84. The summed E-state index contributed by atoms with van der Waals surface area (Å²) in [7, 11) is 0. The molecule has 26 heavy (non-hydrogen) atoms. The van der Waals surface area contributed by atoms with Gasteiger partial charge < -0.3 is 19.5 Å². The summed E-state index contributed by atoms with van der Waals surface area (Å²) >= 11 is 3.17. The second-order valence-electron chi connectivity index (χ2n) is 7.62. The van der Waals surface area contributed by atoms with Crippen molar-refractivity contribution in [1.29, 1.82) is 0 Å². The van der Waals surface area contributed by atoms with E-state index in [1.165, 1.54) is 32.4 Å². The minimum Gasteiger partial charge on any atom is -0.444 e. The van der Waals surface area contributed by atoms with Gasteiger partial charge in [-0.25, -0.2) is 0 Å². The van der Waals surface area contributed by atoms with Crippen molar-refractivity contribution in [3.63, 3.8) is 0 Å². The molecule has 1 aromatic rings. The monoisotopic (exact) mass is 425 g/mol. The number of rotatable bonds is 5. The smallest absolute Gasteiger partial charge is 0.287 e. The fourth-order valence-corrected chi connectivity index (χ4v) is 4.15. The van der Waals surface area contributed by atoms with Gasteiger partial charge in [0.15, 0.2) is 10.4 Å². The van der Waals surface area contributed by atoms with Crippen LogP contribution in [0.1, 0.15) is 43.2 Å². The summed E-state index contributed by atoms with van der Waals surface area (Å²) in [5.41, 5.74) is 0. The standard InChI is InChI=1S/C19H28BrN3O3/c1-14-6-9-22(10-7-14)12-15-3-2-8-23(13-15)18(24)11-21-19(25)16-4-5-17(20)26-16/h4-5,14-15H,2-3,6-13H2,1H3,(H,21,25). The molecule has 0 saturated carbocycles. The van der Waals surface area contributed by atoms with Crippen LogP contribution in [0.25, 0.3) is 0 Å². The van der Waals surface area contributed by atoms with Gasteiger partial charge in [-0.2, -0.15) is 0 Å². The van der Waals surface area contributed by atoms with Crippen LogP contribution in [-0.4, -0.2) is 60.9 Å². The molecule has 0 aromatic carbocycles. The number of nitrogens with zero attached hydrogens (tertiary/aromatic N) is 2. The zero-order chi connectivity index (χ0) is 18.5. The highest BCUT2D eigenvalue weighted by atomic mass is 79.9. The number of halogens is 1. The maximum Gasteiger partial charge on any atom is 0.287 e. The number of amides is 2. The molecule has 2 aliphatic heterocycles. The van der Waals surface area contributed by atoms with Crippen molar-refractivity contribution in [3.05, 3.63) is 22.6 Å². The maximum absolute atomic E-state index is 12.5. The molecule has 1 aromatic heterocycles. The van der Waals surface area contributed by atoms with Crippen LogP contribution >= 0.6 is 15.9 Å². The van der Waals surface area contributed by atoms with Crippen molar-refractivity contribution in [1.82, 2.24) is 15.1 Å². The van der Waals surface area contributed by atoms with Crippen LogP contribution in [0, 0.1) is 11.8 Å². The summed E-state index contributed by atoms with van der Waals surface area (Å²) in [6.07, 6.45) is 4.79. The third-order valence-electron chi connectivity index (χ3n) is 5.46. The Morgan fingerprint density at radius 3 is 2.69 bits per heavy atom. The molecule has 2 amide bonds. The van der Waals surface area contributed by atoms with Gasteiger partial charge in [-0.1, -0.05) is 6.92 Å². The molecule has 1 unspecified atom stereocenters. The SMILES string of the molecule is CC1CCN(CC2CCCN(C(=O)CNC(=O)c3ccc(Br)o3)C2)CC1. The zero-order valence-electron chi connectivity index (χ0n) is 15.4. The summed E-state index contributed by atoms with van der Waals surface area (Å²) in [5, 5.41) is 2.66. The molecule has 0 radical (unpaired) electrons. The largest absolute Gasteiger partial charge is 0.444 e. The molecule has 6 nitrogen and oxygen atoms in total. The minimum atomic E-state index is -0.361. The van der Waals surface area contributed by atoms with E-state index in [4.69, 9.17) is 4.42 Å². The fraction of sp³-hybridized carbons (Fsp3) is 0.684. The molecule has 0 spiro atoms. The number of furan rings is 1. The van der Waals surface area contributed by atoms with E-state index in [-0.39, 0.29) is 24.1 Å². The van der Waals surface area contributed by atoms with E-state index in [1.807, 2.05) is 4.90 Å². The highest BCUT2D eigenvalue weighted by Crippen LogP contribution is 2.22. The quantitative estimate of drug-likeness (QED) is 0.787. The normalized spacial score (nSPS) is 22.4. The summed E-state index contributed by atoms with van der Waals surface area (Å²) in [4.78, 5) is 28.9. The first-order chi connectivity index (χ1) is 12.5. The molecule has 2 saturated heterocycles. The van der Waals surface area contributed by atoms with E-state index < -0.39 is 0 Å². The van der Waals surface area contributed by atoms with Crippen molar-refractivity contribution >= 4 is 27.7 Å². The summed E-state index contributed by atoms with van der Waals surface area (Å²) in [6, 6.07) is 3.24. The van der Waals surface area contributed by atoms with Crippen molar-refractivity contribution in [2.24, 2.45) is 11.8 Å². The van der Waals surface area contributed by atoms with E-state index in [2.05, 4.69) is 33.1 Å². The average Bonchev–Trinajstić information content (AvgIpc) is 3.08. The van der Waals surface area contributed by atoms with Gasteiger partial charge in [0.05, 0.1) is 6.54 Å². The topological polar surface area (TPSA) is 65.8 Å². The Morgan fingerprint density at radius 2 is 2.00 bits per heavy atom. The van der Waals surface area contributed by atoms with Crippen LogP contribution < -0.4 is 5.32 Å². The van der Waals surface area contributed by atoms with Crippen LogP contribution in [0.3, 0.4) is 0 Å². The van der Waals surface area contributed by atoms with Crippen LogP contribution in [0.5, 0.6) is 0 Å². The molecule has 7 heteroatoms. The first-order valence-electron chi connectivity index (χ1n) is 9.55. The van der Waals surface area contributed by atoms with Gasteiger partial charge >= 0.3 is 0 Å². The van der Waals surface area contributed by atoms with E-state index in [0.29, 0.717) is 10.6 Å². The number of nitrogens with one attached hydrogen (secondary N) is 1. The lowest BCUT2D eigenvalue weighted by Gasteiger charge is -2.37. The molecule has 3 rings (SSSR count). The molecular formula is C19H28BrN3O3. The Labute approximate surface area is 163 Å². The number of hydrogen-bond acceptors (Lipinski definition) is 4. The minimum absolute atomic E-state index is 0.0130. The summed E-state index contributed by atoms with van der Waals surface area (Å²) < 4.78 is 5.71. The average molecular weight is 426 g/mol. The van der Waals surface area contributed by atoms with Gasteiger partial charge in [0.2, 0.25) is 5.91 Å². The van der Waals surface area contributed by atoms with Crippen LogP contribution in [-0.2, 0) is 4.79 Å². The van der Waals surface area contributed by atoms with Crippen molar-refractivity contribution in [2.75, 3.05) is 39.3 Å². The van der Waals surface area contributed by atoms with Gasteiger partial charge in [-0.15, -0.1) is 0 Å². The van der Waals surface area contributed by atoms with Gasteiger partial charge in [-0.3, -0.25) is 9.59 Å². The molecule has 144 valence electrons. The van der Waals surface area contributed by atoms with Gasteiger partial charge in [0.1, 0.15) is 0 Å². The maximum atomic E-state index is 12.5. The Morgan fingerprint density at radius 1 is 1.23 bits per heavy atom. The van der Waals surface area contributed by atoms with Crippen molar-refractivity contribution in [2.45, 2.75) is 32.6 Å². The van der Waals surface area contributed by atoms with E-state index in [1.54, 1.807) is 12.1 Å². The van der Waals surface area contributed by atoms with Gasteiger partial charge in [0, 0.05) is 19.6 Å². The second-order valence-corrected chi connectivity index (χ2v) is 8.40. The zero-order valence-corrected chi connectivity index (χ0v) is 17.0. The molecule has 1 atom stereocenters. The molecule has 2 fully saturated rings. The highest BCUT2D eigenvalue weighted by Gasteiger charge is 2.26. The molecule has 2 aliphatic rings. The number of hydrogen-bond donors (Lipinski definition) is 1. The first-order valence-corrected chi connectivity index (χ1v) is 10.3. The first kappa shape index (κ1) is 19.4. The van der Waals surface area contributed by atoms with Crippen LogP contribution in [0.2, 0.25) is 0 Å². The third kappa shape index (κ3) is 5.33. The molecular weight excluding hydrogens is 398 g/mol. The number of likely N-dealkylation sites (tertiary alicyclic amines) is 2. The lowest BCUT2D eigenvalue weighted by Crippen LogP contribution is -2.48. The molecule has 0 bridgehead atoms. The molecule has 0 aliphatic carbocycles. The summed E-state index contributed by atoms with van der Waals surface area (Å²) in [5.74, 6) is 1.22. The van der Waals surface area contributed by atoms with E-state index >= 15 is 0 Å². The lowest BCUT2D eigenvalue weighted by atomic mass is 9.94. The second kappa shape index (κ2) is 9.04. The van der Waals surface area contributed by atoms with E-state index in [0.717, 1.165) is 32.0 Å². The predicted octanol–water partition coefficient (Wildman–Crippen LogP) is 2.74. The Balaban J connectivity index is 1.43. The van der Waals surface area contributed by atoms with Gasteiger partial charge in [0.25, 0.3) is 5.91 Å². The number of carbonyl (C=O) groups excluding carboxylic acids is 2. The van der Waals surface area contributed by atoms with Crippen LogP contribution in [0.15, 0.2) is 21.2 Å². The molecule has 3 heterocycles. The Bertz CT molecular complexity index is 625. The lowest BCUT2D eigenvalue weighted by molar-refractivity contribution is -0.132. The van der Waals surface area contributed by atoms with E-state index in [9.17, 15) is 9.59 Å². The van der Waals surface area contributed by atoms with Gasteiger partial charge in [-0.05, 0) is 78.7 Å². The third-order valence-corrected chi connectivity index (χ3v) is 5.89. The number of piperidine rings is 2. The Hall–Kier alpha value is -1.34. The van der Waals surface area contributed by atoms with Crippen LogP contribution in [0.4, 0.5) is 0 Å². The number of carbonyl (C=O) groups is 2. The molecule has 1 N–H and O–H groups in total. The van der Waals surface area contributed by atoms with Crippen molar-refractivity contribution in [3.8, 4) is 0 Å². The predicted molar refractivity (Wildman–Crippen MR) is 103 cm³/mol. The summed E-state index contributed by atoms with van der Waals surface area (Å²) in [6.45, 7) is 7.38. The van der Waals surface area contributed by atoms with Crippen molar-refractivity contribution < 1.29 is 14.0 Å².